The van der Waals surface area contributed by atoms with E-state index in [-0.39, 0.29) is 0 Å². The lowest BCUT2D eigenvalue weighted by molar-refractivity contribution is -0.104. The Labute approximate surface area is 153 Å². The third-order valence-corrected chi connectivity index (χ3v) is 6.72. The van der Waals surface area contributed by atoms with Crippen molar-refractivity contribution in [1.82, 2.24) is 9.80 Å². The first-order valence-corrected chi connectivity index (χ1v) is 10.3. The summed E-state index contributed by atoms with van der Waals surface area (Å²) < 4.78 is 6.34. The molecule has 3 heteroatoms. The number of likely N-dealkylation sites (tertiary alicyclic amines) is 2. The molecular formula is C22H34N2O. The Morgan fingerprint density at radius 3 is 2.12 bits per heavy atom. The zero-order chi connectivity index (χ0) is 17.2. The van der Waals surface area contributed by atoms with Gasteiger partial charge in [-0.2, -0.15) is 0 Å². The molecule has 0 unspecified atom stereocenters. The van der Waals surface area contributed by atoms with Crippen LogP contribution in [0.15, 0.2) is 24.3 Å². The van der Waals surface area contributed by atoms with Crippen molar-refractivity contribution in [1.29, 1.82) is 0 Å². The lowest BCUT2D eigenvalue weighted by atomic mass is 9.83. The second-order valence-electron chi connectivity index (χ2n) is 8.61. The summed E-state index contributed by atoms with van der Waals surface area (Å²) in [5.74, 6) is 0.767. The Bertz CT molecular complexity index is 536. The van der Waals surface area contributed by atoms with Crippen LogP contribution in [-0.4, -0.2) is 61.3 Å². The number of hydrogen-bond acceptors (Lipinski definition) is 3. The van der Waals surface area contributed by atoms with Gasteiger partial charge in [0.2, 0.25) is 0 Å². The van der Waals surface area contributed by atoms with E-state index < -0.39 is 0 Å². The van der Waals surface area contributed by atoms with E-state index in [2.05, 4.69) is 48.0 Å². The SMILES string of the molecule is Cc1ccc(C2CCN(C3CC(OC4CCN(C)CC4)C3)CC2)cc1. The summed E-state index contributed by atoms with van der Waals surface area (Å²) in [5, 5.41) is 0. The molecule has 25 heavy (non-hydrogen) atoms. The molecule has 0 aromatic heterocycles. The number of aryl methyl sites for hydroxylation is 1. The minimum absolute atomic E-state index is 0.523. The maximum Gasteiger partial charge on any atom is 0.0608 e. The zero-order valence-corrected chi connectivity index (χ0v) is 16.0. The minimum Gasteiger partial charge on any atom is -0.375 e. The fourth-order valence-electron chi connectivity index (χ4n) is 4.78. The van der Waals surface area contributed by atoms with Crippen molar-refractivity contribution in [2.24, 2.45) is 0 Å². The maximum absolute atomic E-state index is 6.34. The highest BCUT2D eigenvalue weighted by Crippen LogP contribution is 2.35. The van der Waals surface area contributed by atoms with Crippen LogP contribution in [0.1, 0.15) is 55.6 Å². The van der Waals surface area contributed by atoms with Crippen molar-refractivity contribution >= 4 is 0 Å². The monoisotopic (exact) mass is 342 g/mol. The Morgan fingerprint density at radius 2 is 1.48 bits per heavy atom. The molecule has 0 N–H and O–H groups in total. The molecule has 2 aliphatic heterocycles. The van der Waals surface area contributed by atoms with Crippen molar-refractivity contribution in [3.63, 3.8) is 0 Å². The third kappa shape index (κ3) is 4.27. The predicted molar refractivity (Wildman–Crippen MR) is 103 cm³/mol. The van der Waals surface area contributed by atoms with Crippen molar-refractivity contribution in [3.8, 4) is 0 Å². The van der Waals surface area contributed by atoms with E-state index >= 15 is 0 Å². The van der Waals surface area contributed by atoms with Crippen LogP contribution in [-0.2, 0) is 4.74 Å². The van der Waals surface area contributed by atoms with Gasteiger partial charge in [-0.25, -0.2) is 0 Å². The lowest BCUT2D eigenvalue weighted by Crippen LogP contribution is -2.51. The highest BCUT2D eigenvalue weighted by atomic mass is 16.5. The third-order valence-electron chi connectivity index (χ3n) is 6.72. The second kappa shape index (κ2) is 7.77. The van der Waals surface area contributed by atoms with Gasteiger partial charge in [-0.1, -0.05) is 29.8 Å². The lowest BCUT2D eigenvalue weighted by Gasteiger charge is -2.47. The molecule has 0 spiro atoms. The van der Waals surface area contributed by atoms with Gasteiger partial charge in [0.25, 0.3) is 0 Å². The van der Waals surface area contributed by atoms with Crippen LogP contribution >= 0.6 is 0 Å². The van der Waals surface area contributed by atoms with Gasteiger partial charge in [-0.15, -0.1) is 0 Å². The first-order chi connectivity index (χ1) is 12.2. The quantitative estimate of drug-likeness (QED) is 0.827. The van der Waals surface area contributed by atoms with Crippen LogP contribution in [0.5, 0.6) is 0 Å². The molecule has 3 nitrogen and oxygen atoms in total. The average Bonchev–Trinajstić information content (AvgIpc) is 2.60. The van der Waals surface area contributed by atoms with E-state index in [1.54, 1.807) is 5.56 Å². The van der Waals surface area contributed by atoms with Gasteiger partial charge in [-0.05, 0) is 77.1 Å². The highest BCUT2D eigenvalue weighted by molar-refractivity contribution is 5.25. The minimum atomic E-state index is 0.523. The topological polar surface area (TPSA) is 15.7 Å². The largest absolute Gasteiger partial charge is 0.375 e. The number of nitrogens with zero attached hydrogens (tertiary/aromatic N) is 2. The van der Waals surface area contributed by atoms with E-state index in [1.165, 1.54) is 70.3 Å². The summed E-state index contributed by atoms with van der Waals surface area (Å²) >= 11 is 0. The highest BCUT2D eigenvalue weighted by Gasteiger charge is 2.37. The summed E-state index contributed by atoms with van der Waals surface area (Å²) in [4.78, 5) is 5.15. The van der Waals surface area contributed by atoms with Crippen molar-refractivity contribution in [2.75, 3.05) is 33.2 Å². The van der Waals surface area contributed by atoms with E-state index in [0.29, 0.717) is 12.2 Å². The predicted octanol–water partition coefficient (Wildman–Crippen LogP) is 3.82. The molecule has 0 amide bonds. The van der Waals surface area contributed by atoms with Gasteiger partial charge in [0.1, 0.15) is 0 Å². The van der Waals surface area contributed by atoms with Crippen LogP contribution in [0.25, 0.3) is 0 Å². The normalized spacial score (nSPS) is 30.3. The number of piperidine rings is 2. The number of benzene rings is 1. The molecule has 138 valence electrons. The Balaban J connectivity index is 1.18. The second-order valence-corrected chi connectivity index (χ2v) is 8.61. The standard InChI is InChI=1S/C22H34N2O/c1-17-3-5-18(6-4-17)19-7-13-24(14-8-19)20-15-22(16-20)25-21-9-11-23(2)12-10-21/h3-6,19-22H,7-16H2,1-2H3. The number of rotatable bonds is 4. The van der Waals surface area contributed by atoms with Crippen LogP contribution in [0.2, 0.25) is 0 Å². The summed E-state index contributed by atoms with van der Waals surface area (Å²) in [6, 6.07) is 9.99. The van der Waals surface area contributed by atoms with Gasteiger partial charge >= 0.3 is 0 Å². The molecule has 0 atom stereocenters. The number of hydrogen-bond donors (Lipinski definition) is 0. The summed E-state index contributed by atoms with van der Waals surface area (Å²) in [6.07, 6.45) is 8.67. The summed E-state index contributed by atoms with van der Waals surface area (Å²) in [5.41, 5.74) is 2.91. The Kier molecular flexibility index (Phi) is 5.44. The number of ether oxygens (including phenoxy) is 1. The van der Waals surface area contributed by atoms with Gasteiger partial charge in [0.15, 0.2) is 0 Å². The van der Waals surface area contributed by atoms with Crippen molar-refractivity contribution in [2.45, 2.75) is 69.6 Å². The van der Waals surface area contributed by atoms with Crippen LogP contribution in [0, 0.1) is 6.92 Å². The van der Waals surface area contributed by atoms with Crippen LogP contribution in [0.4, 0.5) is 0 Å². The molecular weight excluding hydrogens is 308 g/mol. The van der Waals surface area contributed by atoms with Gasteiger partial charge < -0.3 is 14.5 Å². The Morgan fingerprint density at radius 1 is 0.840 bits per heavy atom. The van der Waals surface area contributed by atoms with E-state index in [9.17, 15) is 0 Å². The molecule has 4 rings (SSSR count). The van der Waals surface area contributed by atoms with Gasteiger partial charge in [0.05, 0.1) is 12.2 Å². The Hall–Kier alpha value is -0.900. The first-order valence-electron chi connectivity index (χ1n) is 10.3. The molecule has 0 radical (unpaired) electrons. The molecule has 1 aliphatic carbocycles. The van der Waals surface area contributed by atoms with Crippen molar-refractivity contribution < 1.29 is 4.74 Å². The van der Waals surface area contributed by atoms with E-state index in [4.69, 9.17) is 4.74 Å². The summed E-state index contributed by atoms with van der Waals surface area (Å²) in [7, 11) is 2.22. The molecule has 1 saturated carbocycles. The van der Waals surface area contributed by atoms with Crippen LogP contribution in [0.3, 0.4) is 0 Å². The van der Waals surface area contributed by atoms with E-state index in [1.807, 2.05) is 0 Å². The average molecular weight is 343 g/mol. The molecule has 1 aromatic rings. The molecule has 3 fully saturated rings. The smallest absolute Gasteiger partial charge is 0.0608 e. The molecule has 2 saturated heterocycles. The summed E-state index contributed by atoms with van der Waals surface area (Å²) in [6.45, 7) is 7.11. The fraction of sp³-hybridized carbons (Fsp3) is 0.727. The molecule has 2 heterocycles. The molecule has 1 aromatic carbocycles. The first kappa shape index (κ1) is 17.5. The van der Waals surface area contributed by atoms with E-state index in [0.717, 1.165) is 12.0 Å². The fourth-order valence-corrected chi connectivity index (χ4v) is 4.78. The maximum atomic E-state index is 6.34. The van der Waals surface area contributed by atoms with Crippen LogP contribution < -0.4 is 0 Å². The zero-order valence-electron chi connectivity index (χ0n) is 16.0. The molecule has 0 bridgehead atoms. The molecule has 3 aliphatic rings. The van der Waals surface area contributed by atoms with Gasteiger partial charge in [-0.3, -0.25) is 0 Å². The van der Waals surface area contributed by atoms with Gasteiger partial charge in [0, 0.05) is 19.1 Å². The van der Waals surface area contributed by atoms with Crippen molar-refractivity contribution in [3.05, 3.63) is 35.4 Å².